The summed E-state index contributed by atoms with van der Waals surface area (Å²) in [6.45, 7) is 6.06. The van der Waals surface area contributed by atoms with Crippen molar-refractivity contribution >= 4 is 23.6 Å². The third-order valence-electron chi connectivity index (χ3n) is 5.20. The third kappa shape index (κ3) is 2.62. The summed E-state index contributed by atoms with van der Waals surface area (Å²) in [6, 6.07) is 17.0. The third-order valence-corrected chi connectivity index (χ3v) is 6.74. The molecule has 2 amide bonds. The first-order valence-corrected chi connectivity index (χ1v) is 9.73. The Labute approximate surface area is 158 Å². The van der Waals surface area contributed by atoms with E-state index >= 15 is 0 Å². The van der Waals surface area contributed by atoms with Crippen LogP contribution >= 0.6 is 11.8 Å². The number of fused-ring (bicyclic) bond motifs is 3. The van der Waals surface area contributed by atoms with Crippen LogP contribution in [0.4, 0.5) is 0 Å². The molecule has 4 nitrogen and oxygen atoms in total. The number of hydrogen-bond acceptors (Lipinski definition) is 3. The summed E-state index contributed by atoms with van der Waals surface area (Å²) >= 11 is 1.69. The molecule has 1 fully saturated rings. The average Bonchev–Trinajstić information content (AvgIpc) is 3.06. The van der Waals surface area contributed by atoms with Gasteiger partial charge in [-0.3, -0.25) is 9.59 Å². The van der Waals surface area contributed by atoms with E-state index in [0.29, 0.717) is 0 Å². The average molecular weight is 366 g/mol. The van der Waals surface area contributed by atoms with Crippen LogP contribution in [0.5, 0.6) is 0 Å². The van der Waals surface area contributed by atoms with Crippen LogP contribution in [0, 0.1) is 0 Å². The van der Waals surface area contributed by atoms with E-state index in [2.05, 4.69) is 5.32 Å². The Bertz CT molecular complexity index is 865. The van der Waals surface area contributed by atoms with Crippen molar-refractivity contribution in [2.75, 3.05) is 0 Å². The lowest BCUT2D eigenvalue weighted by Gasteiger charge is -2.30. The predicted molar refractivity (Wildman–Crippen MR) is 104 cm³/mol. The second-order valence-electron chi connectivity index (χ2n) is 7.42. The molecule has 1 saturated heterocycles. The molecule has 134 valence electrons. The van der Waals surface area contributed by atoms with Gasteiger partial charge >= 0.3 is 0 Å². The highest BCUT2D eigenvalue weighted by molar-refractivity contribution is 8.01. The van der Waals surface area contributed by atoms with Crippen LogP contribution in [0.25, 0.3) is 0 Å². The zero-order chi connectivity index (χ0) is 18.5. The fraction of sp³-hybridized carbons (Fsp3) is 0.333. The molecule has 0 aliphatic carbocycles. The topological polar surface area (TPSA) is 49.4 Å². The Balaban J connectivity index is 1.62. The van der Waals surface area contributed by atoms with E-state index in [0.717, 1.165) is 16.7 Å². The lowest BCUT2D eigenvalue weighted by molar-refractivity contribution is -0.126. The van der Waals surface area contributed by atoms with Crippen LogP contribution in [0.2, 0.25) is 0 Å². The highest BCUT2D eigenvalue weighted by Crippen LogP contribution is 2.56. The van der Waals surface area contributed by atoms with E-state index in [9.17, 15) is 9.59 Å². The van der Waals surface area contributed by atoms with E-state index < -0.39 is 6.04 Å². The molecule has 4 rings (SSSR count). The van der Waals surface area contributed by atoms with Crippen LogP contribution in [0.3, 0.4) is 0 Å². The molecule has 0 bridgehead atoms. The minimum atomic E-state index is -0.497. The van der Waals surface area contributed by atoms with Crippen molar-refractivity contribution in [3.63, 3.8) is 0 Å². The van der Waals surface area contributed by atoms with Crippen molar-refractivity contribution < 1.29 is 9.59 Å². The molecule has 2 aliphatic heterocycles. The molecule has 2 aromatic carbocycles. The number of thioether (sulfide) groups is 1. The van der Waals surface area contributed by atoms with Crippen LogP contribution in [0.1, 0.15) is 53.7 Å². The highest BCUT2D eigenvalue weighted by atomic mass is 32.2. The number of benzene rings is 2. The zero-order valence-electron chi connectivity index (χ0n) is 15.1. The van der Waals surface area contributed by atoms with Gasteiger partial charge < -0.3 is 10.2 Å². The Morgan fingerprint density at radius 1 is 1.12 bits per heavy atom. The summed E-state index contributed by atoms with van der Waals surface area (Å²) in [4.78, 5) is 27.9. The molecule has 26 heavy (non-hydrogen) atoms. The molecule has 1 N–H and O–H groups in total. The van der Waals surface area contributed by atoms with Gasteiger partial charge in [-0.25, -0.2) is 0 Å². The number of carbonyl (C=O) groups excluding carboxylic acids is 2. The maximum absolute atomic E-state index is 13.2. The monoisotopic (exact) mass is 366 g/mol. The van der Waals surface area contributed by atoms with E-state index in [-0.39, 0.29) is 28.0 Å². The van der Waals surface area contributed by atoms with Gasteiger partial charge in [-0.2, -0.15) is 0 Å². The van der Waals surface area contributed by atoms with E-state index in [1.54, 1.807) is 16.7 Å². The minimum Gasteiger partial charge on any atom is -0.348 e. The minimum absolute atomic E-state index is 0.0452. The molecule has 2 aliphatic rings. The van der Waals surface area contributed by atoms with E-state index in [4.69, 9.17) is 0 Å². The van der Waals surface area contributed by atoms with Gasteiger partial charge in [0, 0.05) is 10.3 Å². The summed E-state index contributed by atoms with van der Waals surface area (Å²) < 4.78 is -0.353. The molecule has 0 unspecified atom stereocenters. The molecular weight excluding hydrogens is 344 g/mol. The quantitative estimate of drug-likeness (QED) is 0.896. The second kappa shape index (κ2) is 6.16. The Hall–Kier alpha value is -2.27. The van der Waals surface area contributed by atoms with E-state index in [1.807, 2.05) is 75.4 Å². The number of rotatable bonds is 3. The highest BCUT2D eigenvalue weighted by Gasteiger charge is 2.57. The van der Waals surface area contributed by atoms with Crippen LogP contribution in [0.15, 0.2) is 54.6 Å². The first-order chi connectivity index (χ1) is 12.4. The molecule has 0 radical (unpaired) electrons. The predicted octanol–water partition coefficient (Wildman–Crippen LogP) is 3.91. The Morgan fingerprint density at radius 3 is 2.50 bits per heavy atom. The lowest BCUT2D eigenvalue weighted by Crippen LogP contribution is -2.52. The molecule has 0 saturated carbocycles. The van der Waals surface area contributed by atoms with Crippen LogP contribution < -0.4 is 5.32 Å². The Morgan fingerprint density at radius 2 is 1.77 bits per heavy atom. The molecule has 0 spiro atoms. The van der Waals surface area contributed by atoms with Crippen molar-refractivity contribution in [3.05, 3.63) is 71.3 Å². The first-order valence-electron chi connectivity index (χ1n) is 8.85. The van der Waals surface area contributed by atoms with Crippen LogP contribution in [-0.4, -0.2) is 27.5 Å². The summed E-state index contributed by atoms with van der Waals surface area (Å²) in [5.74, 6) is -0.140. The van der Waals surface area contributed by atoms with Gasteiger partial charge in [0.15, 0.2) is 0 Å². The van der Waals surface area contributed by atoms with Gasteiger partial charge in [0.1, 0.15) is 11.4 Å². The van der Waals surface area contributed by atoms with Crippen molar-refractivity contribution in [1.82, 2.24) is 10.2 Å². The zero-order valence-corrected chi connectivity index (χ0v) is 15.9. The molecule has 2 heterocycles. The van der Waals surface area contributed by atoms with Gasteiger partial charge in [-0.1, -0.05) is 48.5 Å². The maximum Gasteiger partial charge on any atom is 0.256 e. The molecule has 2 aromatic rings. The fourth-order valence-corrected chi connectivity index (χ4v) is 5.51. The van der Waals surface area contributed by atoms with Crippen molar-refractivity contribution in [1.29, 1.82) is 0 Å². The van der Waals surface area contributed by atoms with Gasteiger partial charge in [0.05, 0.1) is 6.04 Å². The largest absolute Gasteiger partial charge is 0.348 e. The molecular formula is C21H22N2O2S. The van der Waals surface area contributed by atoms with Gasteiger partial charge in [0.2, 0.25) is 5.91 Å². The number of amides is 2. The van der Waals surface area contributed by atoms with Gasteiger partial charge in [0.25, 0.3) is 5.91 Å². The number of nitrogens with one attached hydrogen (secondary N) is 1. The van der Waals surface area contributed by atoms with E-state index in [1.165, 1.54) is 0 Å². The summed E-state index contributed by atoms with van der Waals surface area (Å²) in [7, 11) is 0. The number of nitrogens with zero attached hydrogens (tertiary/aromatic N) is 1. The Kier molecular flexibility index (Phi) is 4.07. The normalized spacial score (nSPS) is 24.1. The molecule has 0 aromatic heterocycles. The smallest absolute Gasteiger partial charge is 0.256 e. The summed E-state index contributed by atoms with van der Waals surface area (Å²) in [6.07, 6.45) is 0. The van der Waals surface area contributed by atoms with Crippen molar-refractivity contribution in [3.8, 4) is 0 Å². The first kappa shape index (κ1) is 17.2. The lowest BCUT2D eigenvalue weighted by atomic mass is 9.99. The number of carbonyl (C=O) groups is 2. The second-order valence-corrected chi connectivity index (χ2v) is 9.15. The summed E-state index contributed by atoms with van der Waals surface area (Å²) in [5.41, 5.74) is 2.79. The van der Waals surface area contributed by atoms with Crippen molar-refractivity contribution in [2.45, 2.75) is 43.0 Å². The maximum atomic E-state index is 13.2. The van der Waals surface area contributed by atoms with Crippen molar-refractivity contribution in [2.24, 2.45) is 0 Å². The van der Waals surface area contributed by atoms with Gasteiger partial charge in [-0.15, -0.1) is 11.8 Å². The standard InChI is InChI=1S/C21H22N2O2S/c1-13(14-9-5-4-6-10-14)22-18(24)17-21(2,3)26-20-16-12-8-7-11-15(16)19(25)23(17)20/h4-13,17,20H,1-3H3,(H,22,24)/t13-,17+,20+/m0/s1. The number of hydrogen-bond donors (Lipinski definition) is 1. The molecule has 5 heteroatoms. The SMILES string of the molecule is C[C@H](NC(=O)[C@H]1N2C(=O)c3ccccc3[C@H]2SC1(C)C)c1ccccc1. The molecule has 3 atom stereocenters. The van der Waals surface area contributed by atoms with Gasteiger partial charge in [-0.05, 0) is 38.0 Å². The van der Waals surface area contributed by atoms with Crippen LogP contribution in [-0.2, 0) is 4.79 Å². The fourth-order valence-electron chi connectivity index (χ4n) is 3.92. The summed E-state index contributed by atoms with van der Waals surface area (Å²) in [5, 5.41) is 3.02.